The number of hydrogen-bond acceptors (Lipinski definition) is 3. The summed E-state index contributed by atoms with van der Waals surface area (Å²) in [5.41, 5.74) is 0.835. The summed E-state index contributed by atoms with van der Waals surface area (Å²) in [6.45, 7) is 0. The molecule has 0 aliphatic rings. The molecular formula is C7H4ClNOS. The van der Waals surface area contributed by atoms with Crippen LogP contribution < -0.4 is 0 Å². The summed E-state index contributed by atoms with van der Waals surface area (Å²) < 4.78 is 5.60. The van der Waals surface area contributed by atoms with Gasteiger partial charge in [0.05, 0.1) is 9.21 Å². The van der Waals surface area contributed by atoms with Crippen molar-refractivity contribution < 1.29 is 4.42 Å². The van der Waals surface area contributed by atoms with Gasteiger partial charge in [0.2, 0.25) is 0 Å². The van der Waals surface area contributed by atoms with Crippen LogP contribution in [0.1, 0.15) is 0 Å². The molecule has 0 saturated heterocycles. The molecule has 0 saturated carbocycles. The standard InChI is InChI=1S/C7H4ClNOS/c8-7-2-1-6(11-7)5-3-10-4-9-5/h1-4H. The Balaban J connectivity index is 2.45. The van der Waals surface area contributed by atoms with Crippen LogP contribution >= 0.6 is 22.9 Å². The van der Waals surface area contributed by atoms with E-state index in [1.54, 1.807) is 6.26 Å². The van der Waals surface area contributed by atoms with Gasteiger partial charge in [-0.15, -0.1) is 11.3 Å². The molecule has 0 spiro atoms. The highest BCUT2D eigenvalue weighted by molar-refractivity contribution is 7.19. The van der Waals surface area contributed by atoms with Gasteiger partial charge in [0.15, 0.2) is 6.39 Å². The summed E-state index contributed by atoms with van der Waals surface area (Å²) in [6, 6.07) is 3.76. The van der Waals surface area contributed by atoms with E-state index in [2.05, 4.69) is 4.98 Å². The van der Waals surface area contributed by atoms with Crippen molar-refractivity contribution in [2.75, 3.05) is 0 Å². The van der Waals surface area contributed by atoms with Crippen molar-refractivity contribution in [1.29, 1.82) is 0 Å². The van der Waals surface area contributed by atoms with Gasteiger partial charge in [-0.1, -0.05) is 11.6 Å². The molecule has 0 aromatic carbocycles. The Morgan fingerprint density at radius 2 is 2.36 bits per heavy atom. The van der Waals surface area contributed by atoms with Crippen LogP contribution in [0.5, 0.6) is 0 Å². The fourth-order valence-corrected chi connectivity index (χ4v) is 1.79. The molecule has 0 fully saturated rings. The first kappa shape index (κ1) is 6.88. The number of nitrogens with zero attached hydrogens (tertiary/aromatic N) is 1. The summed E-state index contributed by atoms with van der Waals surface area (Å²) in [6.07, 6.45) is 3.01. The Hall–Kier alpha value is -0.800. The van der Waals surface area contributed by atoms with Crippen LogP contribution in [-0.4, -0.2) is 4.98 Å². The van der Waals surface area contributed by atoms with Gasteiger partial charge in [0.1, 0.15) is 12.0 Å². The molecule has 0 aliphatic heterocycles. The summed E-state index contributed by atoms with van der Waals surface area (Å²) in [5.74, 6) is 0. The van der Waals surface area contributed by atoms with Crippen LogP contribution in [0.3, 0.4) is 0 Å². The molecule has 2 aromatic heterocycles. The maximum atomic E-state index is 5.74. The Bertz CT molecular complexity index is 341. The molecule has 2 rings (SSSR count). The lowest BCUT2D eigenvalue weighted by Gasteiger charge is -1.82. The minimum atomic E-state index is 0.767. The van der Waals surface area contributed by atoms with Gasteiger partial charge in [0.25, 0.3) is 0 Å². The molecular weight excluding hydrogens is 182 g/mol. The molecule has 2 heterocycles. The van der Waals surface area contributed by atoms with Crippen molar-refractivity contribution in [1.82, 2.24) is 4.98 Å². The molecule has 0 amide bonds. The predicted octanol–water partition coefficient (Wildman–Crippen LogP) is 3.06. The molecule has 0 bridgehead atoms. The highest BCUT2D eigenvalue weighted by Gasteiger charge is 2.02. The molecule has 11 heavy (non-hydrogen) atoms. The molecule has 0 aliphatic carbocycles. The van der Waals surface area contributed by atoms with Gasteiger partial charge < -0.3 is 4.42 Å². The highest BCUT2D eigenvalue weighted by atomic mass is 35.5. The normalized spacial score (nSPS) is 10.3. The van der Waals surface area contributed by atoms with Crippen molar-refractivity contribution in [2.45, 2.75) is 0 Å². The number of aromatic nitrogens is 1. The van der Waals surface area contributed by atoms with Crippen LogP contribution in [0.4, 0.5) is 0 Å². The van der Waals surface area contributed by atoms with Crippen LogP contribution in [0.2, 0.25) is 4.34 Å². The Morgan fingerprint density at radius 1 is 1.45 bits per heavy atom. The van der Waals surface area contributed by atoms with E-state index in [1.807, 2.05) is 12.1 Å². The number of hydrogen-bond donors (Lipinski definition) is 0. The minimum Gasteiger partial charge on any atom is -0.451 e. The number of halogens is 1. The molecule has 2 aromatic rings. The van der Waals surface area contributed by atoms with E-state index in [0.717, 1.165) is 14.9 Å². The monoisotopic (exact) mass is 185 g/mol. The quantitative estimate of drug-likeness (QED) is 0.683. The summed E-state index contributed by atoms with van der Waals surface area (Å²) in [5, 5.41) is 0. The van der Waals surface area contributed by atoms with Crippen molar-refractivity contribution >= 4 is 22.9 Å². The number of rotatable bonds is 1. The molecule has 56 valence electrons. The van der Waals surface area contributed by atoms with Crippen molar-refractivity contribution in [3.8, 4) is 10.6 Å². The smallest absolute Gasteiger partial charge is 0.181 e. The third-order valence-corrected chi connectivity index (χ3v) is 2.51. The third kappa shape index (κ3) is 1.29. The second kappa shape index (κ2) is 2.68. The molecule has 4 heteroatoms. The lowest BCUT2D eigenvalue weighted by Crippen LogP contribution is -1.65. The fraction of sp³-hybridized carbons (Fsp3) is 0. The minimum absolute atomic E-state index is 0.767. The lowest BCUT2D eigenvalue weighted by molar-refractivity contribution is 0.558. The van der Waals surface area contributed by atoms with Crippen LogP contribution in [0.15, 0.2) is 29.2 Å². The van der Waals surface area contributed by atoms with Gasteiger partial charge in [0, 0.05) is 0 Å². The van der Waals surface area contributed by atoms with Gasteiger partial charge in [-0.3, -0.25) is 0 Å². The summed E-state index contributed by atoms with van der Waals surface area (Å²) in [4.78, 5) is 5.02. The maximum absolute atomic E-state index is 5.74. The van der Waals surface area contributed by atoms with E-state index in [-0.39, 0.29) is 0 Å². The summed E-state index contributed by atoms with van der Waals surface area (Å²) >= 11 is 7.23. The topological polar surface area (TPSA) is 26.0 Å². The van der Waals surface area contributed by atoms with Gasteiger partial charge in [-0.05, 0) is 12.1 Å². The average molecular weight is 186 g/mol. The van der Waals surface area contributed by atoms with Gasteiger partial charge in [-0.2, -0.15) is 0 Å². The first-order valence-corrected chi connectivity index (χ1v) is 4.19. The zero-order chi connectivity index (χ0) is 7.68. The van der Waals surface area contributed by atoms with E-state index < -0.39 is 0 Å². The zero-order valence-corrected chi connectivity index (χ0v) is 7.02. The third-order valence-electron chi connectivity index (χ3n) is 1.26. The van der Waals surface area contributed by atoms with Crippen LogP contribution in [0, 0.1) is 0 Å². The fourth-order valence-electron chi connectivity index (χ4n) is 0.786. The van der Waals surface area contributed by atoms with E-state index in [9.17, 15) is 0 Å². The Labute approximate surface area is 72.4 Å². The molecule has 0 atom stereocenters. The van der Waals surface area contributed by atoms with Gasteiger partial charge in [-0.25, -0.2) is 4.98 Å². The molecule has 0 N–H and O–H groups in total. The average Bonchev–Trinajstić information content (AvgIpc) is 2.55. The van der Waals surface area contributed by atoms with E-state index >= 15 is 0 Å². The number of oxazole rings is 1. The SMILES string of the molecule is Clc1ccc(-c2cocn2)s1. The highest BCUT2D eigenvalue weighted by Crippen LogP contribution is 2.29. The summed E-state index contributed by atoms with van der Waals surface area (Å²) in [7, 11) is 0. The largest absolute Gasteiger partial charge is 0.451 e. The first-order valence-electron chi connectivity index (χ1n) is 3.00. The van der Waals surface area contributed by atoms with Crippen LogP contribution in [0.25, 0.3) is 10.6 Å². The van der Waals surface area contributed by atoms with Crippen molar-refractivity contribution in [3.05, 3.63) is 29.1 Å². The molecule has 2 nitrogen and oxygen atoms in total. The van der Waals surface area contributed by atoms with E-state index in [0.29, 0.717) is 0 Å². The maximum Gasteiger partial charge on any atom is 0.181 e. The second-order valence-electron chi connectivity index (χ2n) is 1.98. The number of thiophene rings is 1. The molecule has 0 unspecified atom stereocenters. The first-order chi connectivity index (χ1) is 5.36. The van der Waals surface area contributed by atoms with Crippen LogP contribution in [-0.2, 0) is 0 Å². The molecule has 0 radical (unpaired) electrons. The lowest BCUT2D eigenvalue weighted by atomic mass is 10.4. The Kier molecular flexibility index (Phi) is 1.68. The van der Waals surface area contributed by atoms with E-state index in [4.69, 9.17) is 16.0 Å². The Morgan fingerprint density at radius 3 is 2.91 bits per heavy atom. The second-order valence-corrected chi connectivity index (χ2v) is 3.69. The van der Waals surface area contributed by atoms with E-state index in [1.165, 1.54) is 17.7 Å². The van der Waals surface area contributed by atoms with Gasteiger partial charge >= 0.3 is 0 Å². The predicted molar refractivity (Wildman–Crippen MR) is 44.8 cm³/mol. The van der Waals surface area contributed by atoms with Crippen molar-refractivity contribution in [3.63, 3.8) is 0 Å². The van der Waals surface area contributed by atoms with Crippen molar-refractivity contribution in [2.24, 2.45) is 0 Å². The zero-order valence-electron chi connectivity index (χ0n) is 5.45.